The maximum Gasteiger partial charge on any atom is 0.328 e. The fourth-order valence-corrected chi connectivity index (χ4v) is 1.45. The van der Waals surface area contributed by atoms with Gasteiger partial charge in [-0.3, -0.25) is 4.79 Å². The minimum atomic E-state index is -1.14. The highest BCUT2D eigenvalue weighted by Gasteiger charge is 2.06. The number of carboxylic acid groups (broad SMARTS) is 1. The van der Waals surface area contributed by atoms with Crippen LogP contribution in [0.2, 0.25) is 0 Å². The average molecular weight is 277 g/mol. The van der Waals surface area contributed by atoms with Gasteiger partial charge in [-0.2, -0.15) is 0 Å². The van der Waals surface area contributed by atoms with E-state index < -0.39 is 11.9 Å². The molecule has 0 spiro atoms. The van der Waals surface area contributed by atoms with E-state index in [1.165, 1.54) is 6.92 Å². The van der Waals surface area contributed by atoms with Crippen LogP contribution in [0.3, 0.4) is 0 Å². The first-order chi connectivity index (χ1) is 9.52. The Morgan fingerprint density at radius 2 is 1.95 bits per heavy atom. The van der Waals surface area contributed by atoms with Crippen LogP contribution >= 0.6 is 0 Å². The lowest BCUT2D eigenvalue weighted by molar-refractivity contribution is -0.131. The average Bonchev–Trinajstić information content (AvgIpc) is 2.40. The van der Waals surface area contributed by atoms with Gasteiger partial charge in [-0.15, -0.1) is 0 Å². The first-order valence-corrected chi connectivity index (χ1v) is 6.48. The van der Waals surface area contributed by atoms with E-state index >= 15 is 0 Å². The van der Waals surface area contributed by atoms with E-state index in [0.717, 1.165) is 24.7 Å². The van der Waals surface area contributed by atoms with Gasteiger partial charge in [0, 0.05) is 17.3 Å². The standard InChI is InChI=1S/C15H19NO4/c1-3-4-9-20-13-7-5-12(6-8-13)16-15(19)11(2)10-14(17)18/h5-8,10H,3-4,9H2,1-2H3,(H,16,19)(H,17,18)/b11-10+. The second-order valence-corrected chi connectivity index (χ2v) is 4.35. The molecular formula is C15H19NO4. The van der Waals surface area contributed by atoms with E-state index in [1.54, 1.807) is 24.3 Å². The predicted octanol–water partition coefficient (Wildman–Crippen LogP) is 2.83. The highest BCUT2D eigenvalue weighted by Crippen LogP contribution is 2.16. The molecule has 0 aliphatic carbocycles. The molecular weight excluding hydrogens is 258 g/mol. The smallest absolute Gasteiger partial charge is 0.328 e. The van der Waals surface area contributed by atoms with Gasteiger partial charge < -0.3 is 15.2 Å². The summed E-state index contributed by atoms with van der Waals surface area (Å²) in [6, 6.07) is 6.96. The number of rotatable bonds is 7. The topological polar surface area (TPSA) is 75.6 Å². The summed E-state index contributed by atoms with van der Waals surface area (Å²) in [6.07, 6.45) is 2.94. The first-order valence-electron chi connectivity index (χ1n) is 6.48. The number of carbonyl (C=O) groups excluding carboxylic acids is 1. The van der Waals surface area contributed by atoms with Crippen molar-refractivity contribution in [3.8, 4) is 5.75 Å². The van der Waals surface area contributed by atoms with Crippen LogP contribution in [0, 0.1) is 0 Å². The van der Waals surface area contributed by atoms with Crippen molar-refractivity contribution in [2.24, 2.45) is 0 Å². The van der Waals surface area contributed by atoms with Gasteiger partial charge in [-0.1, -0.05) is 13.3 Å². The molecule has 108 valence electrons. The minimum Gasteiger partial charge on any atom is -0.494 e. The van der Waals surface area contributed by atoms with Gasteiger partial charge in [0.25, 0.3) is 5.91 Å². The summed E-state index contributed by atoms with van der Waals surface area (Å²) in [5.41, 5.74) is 0.733. The van der Waals surface area contributed by atoms with Crippen LogP contribution in [0.5, 0.6) is 5.75 Å². The number of hydrogen-bond donors (Lipinski definition) is 2. The van der Waals surface area contributed by atoms with Crippen LogP contribution in [0.25, 0.3) is 0 Å². The molecule has 2 N–H and O–H groups in total. The van der Waals surface area contributed by atoms with Crippen molar-refractivity contribution in [2.75, 3.05) is 11.9 Å². The molecule has 0 aliphatic rings. The number of carboxylic acids is 1. The molecule has 1 rings (SSSR count). The number of hydrogen-bond acceptors (Lipinski definition) is 3. The Morgan fingerprint density at radius 1 is 1.30 bits per heavy atom. The van der Waals surface area contributed by atoms with Crippen LogP contribution < -0.4 is 10.1 Å². The second-order valence-electron chi connectivity index (χ2n) is 4.35. The molecule has 0 saturated carbocycles. The minimum absolute atomic E-state index is 0.140. The Bertz CT molecular complexity index is 491. The lowest BCUT2D eigenvalue weighted by Gasteiger charge is -2.08. The van der Waals surface area contributed by atoms with Crippen LogP contribution in [-0.2, 0) is 9.59 Å². The van der Waals surface area contributed by atoms with E-state index in [2.05, 4.69) is 12.2 Å². The number of carbonyl (C=O) groups is 2. The van der Waals surface area contributed by atoms with Crippen molar-refractivity contribution in [2.45, 2.75) is 26.7 Å². The van der Waals surface area contributed by atoms with Gasteiger partial charge in [-0.05, 0) is 37.6 Å². The zero-order valence-corrected chi connectivity index (χ0v) is 11.7. The van der Waals surface area contributed by atoms with E-state index in [1.807, 2.05) is 0 Å². The van der Waals surface area contributed by atoms with Crippen LogP contribution in [0.4, 0.5) is 5.69 Å². The van der Waals surface area contributed by atoms with Crippen LogP contribution in [0.15, 0.2) is 35.9 Å². The molecule has 0 aliphatic heterocycles. The van der Waals surface area contributed by atoms with E-state index in [9.17, 15) is 9.59 Å². The Morgan fingerprint density at radius 3 is 2.50 bits per heavy atom. The van der Waals surface area contributed by atoms with Crippen LogP contribution in [-0.4, -0.2) is 23.6 Å². The van der Waals surface area contributed by atoms with Gasteiger partial charge in [0.2, 0.25) is 0 Å². The van der Waals surface area contributed by atoms with Gasteiger partial charge in [-0.25, -0.2) is 4.79 Å². The van der Waals surface area contributed by atoms with E-state index in [4.69, 9.17) is 9.84 Å². The quantitative estimate of drug-likeness (QED) is 0.593. The summed E-state index contributed by atoms with van der Waals surface area (Å²) in [6.45, 7) is 4.21. The number of amides is 1. The van der Waals surface area contributed by atoms with Crippen molar-refractivity contribution in [1.29, 1.82) is 0 Å². The maximum absolute atomic E-state index is 11.7. The number of unbranched alkanes of at least 4 members (excludes halogenated alkanes) is 1. The normalized spacial score (nSPS) is 11.0. The summed E-state index contributed by atoms with van der Waals surface area (Å²) in [4.78, 5) is 22.1. The van der Waals surface area contributed by atoms with E-state index in [0.29, 0.717) is 12.3 Å². The summed E-state index contributed by atoms with van der Waals surface area (Å²) < 4.78 is 5.50. The number of benzene rings is 1. The van der Waals surface area contributed by atoms with Gasteiger partial charge in [0.05, 0.1) is 6.61 Å². The van der Waals surface area contributed by atoms with Crippen molar-refractivity contribution in [3.63, 3.8) is 0 Å². The lowest BCUT2D eigenvalue weighted by atomic mass is 10.2. The largest absolute Gasteiger partial charge is 0.494 e. The third-order valence-electron chi connectivity index (χ3n) is 2.58. The molecule has 0 bridgehead atoms. The van der Waals surface area contributed by atoms with Crippen molar-refractivity contribution in [1.82, 2.24) is 0 Å². The number of ether oxygens (including phenoxy) is 1. The molecule has 1 aromatic carbocycles. The van der Waals surface area contributed by atoms with Gasteiger partial charge in [0.1, 0.15) is 5.75 Å². The summed E-state index contributed by atoms with van der Waals surface area (Å²) in [5.74, 6) is -0.835. The van der Waals surface area contributed by atoms with E-state index in [-0.39, 0.29) is 5.57 Å². The zero-order chi connectivity index (χ0) is 15.0. The Balaban J connectivity index is 2.57. The summed E-state index contributed by atoms with van der Waals surface area (Å²) in [7, 11) is 0. The molecule has 0 fully saturated rings. The first kappa shape index (κ1) is 15.8. The lowest BCUT2D eigenvalue weighted by Crippen LogP contribution is -2.13. The molecule has 5 heteroatoms. The molecule has 0 unspecified atom stereocenters. The highest BCUT2D eigenvalue weighted by atomic mass is 16.5. The van der Waals surface area contributed by atoms with Crippen LogP contribution in [0.1, 0.15) is 26.7 Å². The second kappa shape index (κ2) is 7.99. The Kier molecular flexibility index (Phi) is 6.29. The molecule has 0 aromatic heterocycles. The number of anilines is 1. The molecule has 0 radical (unpaired) electrons. The zero-order valence-electron chi connectivity index (χ0n) is 11.7. The van der Waals surface area contributed by atoms with Crippen molar-refractivity contribution < 1.29 is 19.4 Å². The Hall–Kier alpha value is -2.30. The Labute approximate surface area is 118 Å². The summed E-state index contributed by atoms with van der Waals surface area (Å²) in [5, 5.41) is 11.2. The van der Waals surface area contributed by atoms with Crippen molar-refractivity contribution >= 4 is 17.6 Å². The molecule has 5 nitrogen and oxygen atoms in total. The van der Waals surface area contributed by atoms with Gasteiger partial charge >= 0.3 is 5.97 Å². The summed E-state index contributed by atoms with van der Waals surface area (Å²) >= 11 is 0. The maximum atomic E-state index is 11.7. The van der Waals surface area contributed by atoms with Crippen molar-refractivity contribution in [3.05, 3.63) is 35.9 Å². The molecule has 0 heterocycles. The van der Waals surface area contributed by atoms with Gasteiger partial charge in [0.15, 0.2) is 0 Å². The molecule has 20 heavy (non-hydrogen) atoms. The highest BCUT2D eigenvalue weighted by molar-refractivity contribution is 6.06. The molecule has 0 atom stereocenters. The fraction of sp³-hybridized carbons (Fsp3) is 0.333. The molecule has 1 aromatic rings. The molecule has 1 amide bonds. The predicted molar refractivity (Wildman–Crippen MR) is 76.9 cm³/mol. The number of aliphatic carboxylic acids is 1. The third-order valence-corrected chi connectivity index (χ3v) is 2.58. The monoisotopic (exact) mass is 277 g/mol. The molecule has 0 saturated heterocycles. The fourth-order valence-electron chi connectivity index (χ4n) is 1.45. The third kappa shape index (κ3) is 5.56. The number of nitrogens with one attached hydrogen (secondary N) is 1. The SMILES string of the molecule is CCCCOc1ccc(NC(=O)/C(C)=C/C(=O)O)cc1.